The van der Waals surface area contributed by atoms with Gasteiger partial charge in [-0.05, 0) is 56.6 Å². The molecule has 0 aromatic carbocycles. The van der Waals surface area contributed by atoms with Gasteiger partial charge in [-0.3, -0.25) is 0 Å². The first-order valence-corrected chi connectivity index (χ1v) is 8.91. The fourth-order valence-electron chi connectivity index (χ4n) is 3.81. The monoisotopic (exact) mass is 279 g/mol. The molecule has 0 bridgehead atoms. The molecule has 1 aliphatic carbocycles. The highest BCUT2D eigenvalue weighted by atomic mass is 16.5. The first kappa shape index (κ1) is 15.9. The van der Waals surface area contributed by atoms with Crippen molar-refractivity contribution >= 4 is 0 Å². The smallest absolute Gasteiger partial charge is 0.109 e. The molecule has 0 amide bonds. The van der Waals surface area contributed by atoms with E-state index in [4.69, 9.17) is 4.74 Å². The Morgan fingerprint density at radius 1 is 1.20 bits per heavy atom. The van der Waals surface area contributed by atoms with Crippen molar-refractivity contribution in [2.75, 3.05) is 13.2 Å². The maximum Gasteiger partial charge on any atom is 0.109 e. The largest absolute Gasteiger partial charge is 0.497 e. The molecular formula is C18H33NO. The average Bonchev–Trinajstić information content (AvgIpc) is 2.51. The molecule has 2 heteroatoms. The van der Waals surface area contributed by atoms with Gasteiger partial charge in [0.2, 0.25) is 0 Å². The molecule has 116 valence electrons. The Kier molecular flexibility index (Phi) is 6.92. The lowest BCUT2D eigenvalue weighted by Gasteiger charge is -2.36. The lowest BCUT2D eigenvalue weighted by Crippen LogP contribution is -2.41. The normalized spacial score (nSPS) is 28.6. The highest BCUT2D eigenvalue weighted by molar-refractivity contribution is 5.08. The molecule has 1 atom stereocenters. The van der Waals surface area contributed by atoms with Crippen molar-refractivity contribution in [3.8, 4) is 0 Å². The van der Waals surface area contributed by atoms with Crippen LogP contribution in [0.4, 0.5) is 0 Å². The van der Waals surface area contributed by atoms with Crippen molar-refractivity contribution in [3.05, 3.63) is 11.8 Å². The van der Waals surface area contributed by atoms with Crippen LogP contribution in [0.2, 0.25) is 0 Å². The predicted octanol–water partition coefficient (Wildman–Crippen LogP) is 4.66. The number of allylic oxidation sites excluding steroid dienone is 1. The van der Waals surface area contributed by atoms with E-state index in [1.54, 1.807) is 0 Å². The van der Waals surface area contributed by atoms with E-state index in [0.29, 0.717) is 6.04 Å². The molecule has 20 heavy (non-hydrogen) atoms. The van der Waals surface area contributed by atoms with Crippen LogP contribution in [0, 0.1) is 11.8 Å². The van der Waals surface area contributed by atoms with Crippen molar-refractivity contribution in [1.29, 1.82) is 0 Å². The van der Waals surface area contributed by atoms with Gasteiger partial charge in [0.05, 0.1) is 12.6 Å². The molecule has 2 aliphatic rings. The van der Waals surface area contributed by atoms with Crippen molar-refractivity contribution in [3.63, 3.8) is 0 Å². The van der Waals surface area contributed by atoms with Gasteiger partial charge in [0.15, 0.2) is 0 Å². The van der Waals surface area contributed by atoms with E-state index in [1.165, 1.54) is 63.5 Å². The molecule has 2 rings (SSSR count). The van der Waals surface area contributed by atoms with E-state index in [9.17, 15) is 0 Å². The van der Waals surface area contributed by atoms with E-state index in [-0.39, 0.29) is 0 Å². The standard InChI is InChI=1S/C18H33NO/c1-3-7-15-9-11-16(12-10-15)18(19-13-4-2)17-8-5-6-14-20-17/h8,15-16,18-19H,3-7,9-14H2,1-2H3. The minimum atomic E-state index is 0.484. The Labute approximate surface area is 125 Å². The molecule has 1 aliphatic heterocycles. The Morgan fingerprint density at radius 3 is 2.60 bits per heavy atom. The number of rotatable bonds is 7. The number of ether oxygens (including phenoxy) is 1. The molecule has 1 heterocycles. The van der Waals surface area contributed by atoms with Crippen LogP contribution >= 0.6 is 0 Å². The van der Waals surface area contributed by atoms with Gasteiger partial charge in [0, 0.05) is 0 Å². The Morgan fingerprint density at radius 2 is 2.00 bits per heavy atom. The molecule has 0 aromatic heterocycles. The Bertz CT molecular complexity index is 292. The van der Waals surface area contributed by atoms with Gasteiger partial charge in [0.25, 0.3) is 0 Å². The number of hydrogen-bond donors (Lipinski definition) is 1. The third-order valence-electron chi connectivity index (χ3n) is 4.94. The van der Waals surface area contributed by atoms with E-state index in [1.807, 2.05) is 0 Å². The molecule has 0 saturated heterocycles. The van der Waals surface area contributed by atoms with Gasteiger partial charge < -0.3 is 10.1 Å². The summed E-state index contributed by atoms with van der Waals surface area (Å²) in [6.45, 7) is 6.60. The minimum absolute atomic E-state index is 0.484. The minimum Gasteiger partial charge on any atom is -0.497 e. The fourth-order valence-corrected chi connectivity index (χ4v) is 3.81. The number of hydrogen-bond acceptors (Lipinski definition) is 2. The summed E-state index contributed by atoms with van der Waals surface area (Å²) >= 11 is 0. The second-order valence-electron chi connectivity index (χ2n) is 6.60. The van der Waals surface area contributed by atoms with Gasteiger partial charge >= 0.3 is 0 Å². The topological polar surface area (TPSA) is 21.3 Å². The summed E-state index contributed by atoms with van der Waals surface area (Å²) in [5.41, 5.74) is 0. The molecule has 2 nitrogen and oxygen atoms in total. The van der Waals surface area contributed by atoms with E-state index < -0.39 is 0 Å². The van der Waals surface area contributed by atoms with Crippen LogP contribution in [0.3, 0.4) is 0 Å². The molecule has 1 unspecified atom stereocenters. The lowest BCUT2D eigenvalue weighted by atomic mass is 9.76. The quantitative estimate of drug-likeness (QED) is 0.732. The predicted molar refractivity (Wildman–Crippen MR) is 85.7 cm³/mol. The van der Waals surface area contributed by atoms with Gasteiger partial charge in [-0.1, -0.05) is 39.5 Å². The maximum atomic E-state index is 5.96. The van der Waals surface area contributed by atoms with Crippen LogP contribution in [-0.2, 0) is 4.74 Å². The van der Waals surface area contributed by atoms with Crippen molar-refractivity contribution in [2.45, 2.75) is 77.7 Å². The Hall–Kier alpha value is -0.500. The summed E-state index contributed by atoms with van der Waals surface area (Å²) in [6.07, 6.45) is 14.3. The molecule has 1 N–H and O–H groups in total. The summed E-state index contributed by atoms with van der Waals surface area (Å²) in [5, 5.41) is 3.76. The summed E-state index contributed by atoms with van der Waals surface area (Å²) in [7, 11) is 0. The molecule has 1 saturated carbocycles. The van der Waals surface area contributed by atoms with Crippen molar-refractivity contribution in [1.82, 2.24) is 5.32 Å². The molecule has 0 spiro atoms. The molecule has 0 radical (unpaired) electrons. The highest BCUT2D eigenvalue weighted by Crippen LogP contribution is 2.35. The van der Waals surface area contributed by atoms with Crippen LogP contribution in [0.25, 0.3) is 0 Å². The van der Waals surface area contributed by atoms with Gasteiger partial charge in [-0.2, -0.15) is 0 Å². The number of nitrogens with one attached hydrogen (secondary N) is 1. The zero-order valence-corrected chi connectivity index (χ0v) is 13.5. The van der Waals surface area contributed by atoms with Crippen LogP contribution in [0.1, 0.15) is 71.6 Å². The average molecular weight is 279 g/mol. The highest BCUT2D eigenvalue weighted by Gasteiger charge is 2.30. The van der Waals surface area contributed by atoms with E-state index in [0.717, 1.165) is 25.0 Å². The summed E-state index contributed by atoms with van der Waals surface area (Å²) < 4.78 is 5.96. The van der Waals surface area contributed by atoms with Crippen molar-refractivity contribution in [2.24, 2.45) is 11.8 Å². The molecule has 0 aromatic rings. The van der Waals surface area contributed by atoms with Crippen LogP contribution in [0.5, 0.6) is 0 Å². The lowest BCUT2D eigenvalue weighted by molar-refractivity contribution is 0.131. The van der Waals surface area contributed by atoms with Crippen molar-refractivity contribution < 1.29 is 4.74 Å². The van der Waals surface area contributed by atoms with E-state index in [2.05, 4.69) is 25.2 Å². The van der Waals surface area contributed by atoms with Crippen LogP contribution < -0.4 is 5.32 Å². The van der Waals surface area contributed by atoms with Crippen LogP contribution in [0.15, 0.2) is 11.8 Å². The van der Waals surface area contributed by atoms with E-state index >= 15 is 0 Å². The Balaban J connectivity index is 1.91. The molecular weight excluding hydrogens is 246 g/mol. The first-order valence-electron chi connectivity index (χ1n) is 8.91. The summed E-state index contributed by atoms with van der Waals surface area (Å²) in [4.78, 5) is 0. The fraction of sp³-hybridized carbons (Fsp3) is 0.889. The van der Waals surface area contributed by atoms with Gasteiger partial charge in [-0.15, -0.1) is 0 Å². The van der Waals surface area contributed by atoms with Crippen LogP contribution in [-0.4, -0.2) is 19.2 Å². The first-order chi connectivity index (χ1) is 9.85. The third kappa shape index (κ3) is 4.51. The van der Waals surface area contributed by atoms with Gasteiger partial charge in [-0.25, -0.2) is 0 Å². The second kappa shape index (κ2) is 8.71. The summed E-state index contributed by atoms with van der Waals surface area (Å²) in [5.74, 6) is 3.03. The summed E-state index contributed by atoms with van der Waals surface area (Å²) in [6, 6.07) is 0.484. The maximum absolute atomic E-state index is 5.96. The second-order valence-corrected chi connectivity index (χ2v) is 6.60. The zero-order chi connectivity index (χ0) is 14.2. The third-order valence-corrected chi connectivity index (χ3v) is 4.94. The zero-order valence-electron chi connectivity index (χ0n) is 13.5. The SMILES string of the molecule is CCCNC(C1=CCCCO1)C1CCC(CCC)CC1. The molecule has 1 fully saturated rings. The van der Waals surface area contributed by atoms with Gasteiger partial charge in [0.1, 0.15) is 5.76 Å².